The summed E-state index contributed by atoms with van der Waals surface area (Å²) >= 11 is 3.19. The molecule has 7 nitrogen and oxygen atoms in total. The Morgan fingerprint density at radius 2 is 2.19 bits per heavy atom. The molecule has 1 aromatic heterocycles. The number of hydrogen-bond acceptors (Lipinski definition) is 3. The van der Waals surface area contributed by atoms with Gasteiger partial charge in [0.15, 0.2) is 0 Å². The largest absolute Gasteiger partial charge is 0.478 e. The number of anilines is 1. The fraction of sp³-hybridized carbons (Fsp3) is 0.154. The number of amides is 2. The van der Waals surface area contributed by atoms with Crippen LogP contribution in [0.1, 0.15) is 16.2 Å². The molecule has 2 rings (SSSR count). The minimum Gasteiger partial charge on any atom is -0.478 e. The van der Waals surface area contributed by atoms with Gasteiger partial charge in [-0.3, -0.25) is 0 Å². The zero-order chi connectivity index (χ0) is 15.4. The lowest BCUT2D eigenvalue weighted by Crippen LogP contribution is -2.29. The Morgan fingerprint density at radius 3 is 2.81 bits per heavy atom. The molecule has 1 aromatic carbocycles. The summed E-state index contributed by atoms with van der Waals surface area (Å²) in [7, 11) is 1.82. The van der Waals surface area contributed by atoms with Crippen molar-refractivity contribution in [1.29, 1.82) is 0 Å². The van der Waals surface area contributed by atoms with Crippen molar-refractivity contribution in [3.63, 3.8) is 0 Å². The monoisotopic (exact) mass is 352 g/mol. The fourth-order valence-electron chi connectivity index (χ4n) is 1.70. The molecule has 0 saturated carbocycles. The number of rotatable bonds is 4. The van der Waals surface area contributed by atoms with Gasteiger partial charge >= 0.3 is 12.0 Å². The number of nitrogens with zero attached hydrogens (tertiary/aromatic N) is 2. The van der Waals surface area contributed by atoms with Crippen LogP contribution in [-0.2, 0) is 13.6 Å². The van der Waals surface area contributed by atoms with Crippen molar-refractivity contribution < 1.29 is 14.7 Å². The number of aryl methyl sites for hydroxylation is 1. The van der Waals surface area contributed by atoms with E-state index in [4.69, 9.17) is 5.11 Å². The van der Waals surface area contributed by atoms with Gasteiger partial charge in [-0.1, -0.05) is 15.9 Å². The number of urea groups is 1. The van der Waals surface area contributed by atoms with Crippen LogP contribution in [0.3, 0.4) is 0 Å². The zero-order valence-corrected chi connectivity index (χ0v) is 12.7. The Hall–Kier alpha value is -2.35. The van der Waals surface area contributed by atoms with E-state index in [0.29, 0.717) is 10.3 Å². The third kappa shape index (κ3) is 3.82. The molecule has 0 aliphatic rings. The second-order valence-electron chi connectivity index (χ2n) is 4.26. The third-order valence-corrected chi connectivity index (χ3v) is 3.28. The van der Waals surface area contributed by atoms with Gasteiger partial charge in [0, 0.05) is 23.9 Å². The fourth-order valence-corrected chi connectivity index (χ4v) is 2.06. The van der Waals surface area contributed by atoms with Gasteiger partial charge in [0.1, 0.15) is 5.82 Å². The summed E-state index contributed by atoms with van der Waals surface area (Å²) in [5.41, 5.74) is 0.236. The molecule has 110 valence electrons. The number of aromatic carboxylic acids is 1. The summed E-state index contributed by atoms with van der Waals surface area (Å²) < 4.78 is 2.40. The molecule has 0 bridgehead atoms. The average Bonchev–Trinajstić information content (AvgIpc) is 2.84. The summed E-state index contributed by atoms with van der Waals surface area (Å²) in [6.07, 6.45) is 3.40. The van der Waals surface area contributed by atoms with E-state index >= 15 is 0 Å². The van der Waals surface area contributed by atoms with Crippen molar-refractivity contribution in [2.75, 3.05) is 5.32 Å². The minimum absolute atomic E-state index is 0.0107. The van der Waals surface area contributed by atoms with Gasteiger partial charge in [-0.2, -0.15) is 0 Å². The second kappa shape index (κ2) is 6.40. The number of carboxylic acid groups (broad SMARTS) is 1. The van der Waals surface area contributed by atoms with E-state index in [9.17, 15) is 9.59 Å². The topological polar surface area (TPSA) is 96.3 Å². The Bertz CT molecular complexity index is 684. The van der Waals surface area contributed by atoms with Crippen LogP contribution in [-0.4, -0.2) is 26.7 Å². The van der Waals surface area contributed by atoms with E-state index in [1.807, 2.05) is 7.05 Å². The highest BCUT2D eigenvalue weighted by Crippen LogP contribution is 2.21. The van der Waals surface area contributed by atoms with Gasteiger partial charge in [0.2, 0.25) is 0 Å². The van der Waals surface area contributed by atoms with Crippen molar-refractivity contribution >= 4 is 33.6 Å². The average molecular weight is 353 g/mol. The summed E-state index contributed by atoms with van der Waals surface area (Å²) in [6.45, 7) is 0.244. The maximum atomic E-state index is 11.8. The van der Waals surface area contributed by atoms with Gasteiger partial charge < -0.3 is 20.3 Å². The number of imidazole rings is 1. The van der Waals surface area contributed by atoms with E-state index < -0.39 is 12.0 Å². The number of carbonyl (C=O) groups excluding carboxylic acids is 1. The Labute approximate surface area is 129 Å². The van der Waals surface area contributed by atoms with Crippen LogP contribution in [0.15, 0.2) is 35.1 Å². The number of halogens is 1. The molecule has 21 heavy (non-hydrogen) atoms. The predicted octanol–water partition coefficient (Wildman–Crippen LogP) is 2.20. The van der Waals surface area contributed by atoms with Crippen molar-refractivity contribution in [2.24, 2.45) is 7.05 Å². The first kappa shape index (κ1) is 15.0. The Morgan fingerprint density at radius 1 is 1.43 bits per heavy atom. The SMILES string of the molecule is Cn1ccnc1CNC(=O)Nc1ccc(Br)cc1C(=O)O. The molecule has 2 aromatic rings. The van der Waals surface area contributed by atoms with Crippen LogP contribution >= 0.6 is 15.9 Å². The highest BCUT2D eigenvalue weighted by molar-refractivity contribution is 9.10. The first-order chi connectivity index (χ1) is 9.97. The summed E-state index contributed by atoms with van der Waals surface area (Å²) in [4.78, 5) is 27.0. The van der Waals surface area contributed by atoms with Crippen molar-refractivity contribution in [2.45, 2.75) is 6.54 Å². The molecule has 1 heterocycles. The van der Waals surface area contributed by atoms with Crippen LogP contribution in [0.5, 0.6) is 0 Å². The van der Waals surface area contributed by atoms with Crippen LogP contribution in [0, 0.1) is 0 Å². The molecule has 0 radical (unpaired) electrons. The van der Waals surface area contributed by atoms with Gasteiger partial charge in [-0.05, 0) is 18.2 Å². The highest BCUT2D eigenvalue weighted by Gasteiger charge is 2.13. The lowest BCUT2D eigenvalue weighted by molar-refractivity contribution is 0.0698. The van der Waals surface area contributed by atoms with Gasteiger partial charge in [-0.15, -0.1) is 0 Å². The number of nitrogens with one attached hydrogen (secondary N) is 2. The standard InChI is InChI=1S/C13H13BrN4O3/c1-18-5-4-15-11(18)7-16-13(21)17-10-3-2-8(14)6-9(10)12(19)20/h2-6H,7H2,1H3,(H,19,20)(H2,16,17,21). The molecule has 0 fully saturated rings. The summed E-state index contributed by atoms with van der Waals surface area (Å²) in [6, 6.07) is 4.11. The number of aromatic nitrogens is 2. The molecule has 0 saturated heterocycles. The maximum Gasteiger partial charge on any atom is 0.337 e. The smallest absolute Gasteiger partial charge is 0.337 e. The van der Waals surface area contributed by atoms with Gasteiger partial charge in [0.25, 0.3) is 0 Å². The number of hydrogen-bond donors (Lipinski definition) is 3. The number of benzene rings is 1. The van der Waals surface area contributed by atoms with Crippen LogP contribution in [0.2, 0.25) is 0 Å². The zero-order valence-electron chi connectivity index (χ0n) is 11.1. The molecule has 0 unspecified atom stereocenters. The van der Waals surface area contributed by atoms with Crippen molar-refractivity contribution in [3.8, 4) is 0 Å². The molecular weight excluding hydrogens is 340 g/mol. The lowest BCUT2D eigenvalue weighted by Gasteiger charge is -2.10. The molecular formula is C13H13BrN4O3. The van der Waals surface area contributed by atoms with E-state index in [0.717, 1.165) is 0 Å². The third-order valence-electron chi connectivity index (χ3n) is 2.79. The van der Waals surface area contributed by atoms with Gasteiger partial charge in [0.05, 0.1) is 17.8 Å². The van der Waals surface area contributed by atoms with Crippen molar-refractivity contribution in [3.05, 3.63) is 46.5 Å². The summed E-state index contributed by atoms with van der Waals surface area (Å²) in [5, 5.41) is 14.2. The second-order valence-corrected chi connectivity index (χ2v) is 5.17. The van der Waals surface area contributed by atoms with Crippen LogP contribution in [0.25, 0.3) is 0 Å². The van der Waals surface area contributed by atoms with Crippen molar-refractivity contribution in [1.82, 2.24) is 14.9 Å². The molecule has 2 amide bonds. The molecule has 8 heteroatoms. The quantitative estimate of drug-likeness (QED) is 0.785. The predicted molar refractivity (Wildman–Crippen MR) is 80.2 cm³/mol. The van der Waals surface area contributed by atoms with E-state index in [-0.39, 0.29) is 17.8 Å². The normalized spacial score (nSPS) is 10.2. The minimum atomic E-state index is -1.12. The maximum absolute atomic E-state index is 11.8. The van der Waals surface area contributed by atoms with E-state index in [2.05, 4.69) is 31.5 Å². The van der Waals surface area contributed by atoms with Crippen LogP contribution in [0.4, 0.5) is 10.5 Å². The molecule has 0 aliphatic carbocycles. The molecule has 0 aliphatic heterocycles. The lowest BCUT2D eigenvalue weighted by atomic mass is 10.2. The molecule has 0 atom stereocenters. The van der Waals surface area contributed by atoms with E-state index in [1.165, 1.54) is 12.1 Å². The molecule has 3 N–H and O–H groups in total. The Kier molecular flexibility index (Phi) is 4.59. The summed E-state index contributed by atoms with van der Waals surface area (Å²) in [5.74, 6) is -0.421. The molecule has 0 spiro atoms. The highest BCUT2D eigenvalue weighted by atomic mass is 79.9. The van der Waals surface area contributed by atoms with Gasteiger partial charge in [-0.25, -0.2) is 14.6 Å². The number of carbonyl (C=O) groups is 2. The number of carboxylic acids is 1. The first-order valence-corrected chi connectivity index (χ1v) is 6.80. The first-order valence-electron chi connectivity index (χ1n) is 6.01. The van der Waals surface area contributed by atoms with Crippen LogP contribution < -0.4 is 10.6 Å². The Balaban J connectivity index is 2.03. The van der Waals surface area contributed by atoms with E-state index in [1.54, 1.807) is 23.0 Å².